The summed E-state index contributed by atoms with van der Waals surface area (Å²) in [6.07, 6.45) is 1.89. The number of nitrogens with one attached hydrogen (secondary N) is 1. The minimum Gasteiger partial charge on any atom is -0.487 e. The van der Waals surface area contributed by atoms with Crippen LogP contribution >= 0.6 is 15.9 Å². The fourth-order valence-corrected chi connectivity index (χ4v) is 1.30. The van der Waals surface area contributed by atoms with Crippen LogP contribution in [0.5, 0.6) is 5.75 Å². The van der Waals surface area contributed by atoms with Crippen molar-refractivity contribution in [1.82, 2.24) is 10.2 Å². The summed E-state index contributed by atoms with van der Waals surface area (Å²) in [7, 11) is 0. The van der Waals surface area contributed by atoms with Crippen LogP contribution in [-0.4, -0.2) is 27.5 Å². The lowest BCUT2D eigenvalue weighted by molar-refractivity contribution is 0.0550. The first-order valence-electron chi connectivity index (χ1n) is 4.48. The van der Waals surface area contributed by atoms with Crippen molar-refractivity contribution in [1.29, 1.82) is 0 Å². The van der Waals surface area contributed by atoms with Gasteiger partial charge in [-0.2, -0.15) is 5.10 Å². The Morgan fingerprint density at radius 1 is 1.67 bits per heavy atom. The number of nitrogens with zero attached hydrogens (tertiary/aromatic N) is 1. The number of hydrogen-bond donors (Lipinski definition) is 2. The fraction of sp³-hybridized carbons (Fsp3) is 0.556. The molecule has 0 spiro atoms. The maximum absolute atomic E-state index is 11.3. The predicted octanol–water partition coefficient (Wildman–Crippen LogP) is 1.07. The van der Waals surface area contributed by atoms with Gasteiger partial charge in [-0.05, 0) is 29.8 Å². The van der Waals surface area contributed by atoms with E-state index in [1.807, 2.05) is 0 Å². The van der Waals surface area contributed by atoms with Gasteiger partial charge in [0.05, 0.1) is 22.9 Å². The third kappa shape index (κ3) is 4.01. The second kappa shape index (κ2) is 4.76. The summed E-state index contributed by atoms with van der Waals surface area (Å²) in [5.74, 6) is 0.189. The molecule has 0 aliphatic heterocycles. The van der Waals surface area contributed by atoms with Gasteiger partial charge in [0.15, 0.2) is 0 Å². The molecule has 0 fully saturated rings. The van der Waals surface area contributed by atoms with Gasteiger partial charge in [-0.25, -0.2) is 5.10 Å². The van der Waals surface area contributed by atoms with Crippen molar-refractivity contribution >= 4 is 15.9 Å². The number of hydrogen-bond acceptors (Lipinski definition) is 4. The monoisotopic (exact) mass is 276 g/mol. The van der Waals surface area contributed by atoms with Crippen LogP contribution in [-0.2, 0) is 0 Å². The van der Waals surface area contributed by atoms with Crippen molar-refractivity contribution in [3.8, 4) is 5.75 Å². The molecule has 1 heterocycles. The van der Waals surface area contributed by atoms with Crippen LogP contribution in [0.4, 0.5) is 0 Å². The molecule has 0 radical (unpaired) electrons. The molecule has 2 N–H and O–H groups in total. The Labute approximate surface area is 95.6 Å². The van der Waals surface area contributed by atoms with Crippen molar-refractivity contribution in [3.05, 3.63) is 21.0 Å². The lowest BCUT2D eigenvalue weighted by Crippen LogP contribution is -2.23. The lowest BCUT2D eigenvalue weighted by atomic mass is 10.1. The molecule has 0 bridgehead atoms. The maximum Gasteiger partial charge on any atom is 0.307 e. The smallest absolute Gasteiger partial charge is 0.307 e. The molecule has 0 aromatic carbocycles. The Bertz CT molecular complexity index is 384. The van der Waals surface area contributed by atoms with E-state index in [0.717, 1.165) is 0 Å². The Hall–Kier alpha value is -0.880. The number of halogens is 1. The van der Waals surface area contributed by atoms with Gasteiger partial charge in [-0.1, -0.05) is 0 Å². The third-order valence-electron chi connectivity index (χ3n) is 1.73. The molecule has 1 aromatic heterocycles. The molecule has 1 rings (SSSR count). The molecule has 0 atom stereocenters. The van der Waals surface area contributed by atoms with E-state index >= 15 is 0 Å². The summed E-state index contributed by atoms with van der Waals surface area (Å²) < 4.78 is 5.75. The van der Waals surface area contributed by atoms with Gasteiger partial charge in [0.1, 0.15) is 0 Å². The molecule has 84 valence electrons. The first-order chi connectivity index (χ1) is 6.90. The standard InChI is InChI=1S/C9H13BrN2O3/c1-9(2,14)3-4-15-7-6(10)5-11-12-8(7)13/h5,14H,3-4H2,1-2H3,(H,12,13). The maximum atomic E-state index is 11.3. The highest BCUT2D eigenvalue weighted by molar-refractivity contribution is 9.10. The van der Waals surface area contributed by atoms with E-state index in [9.17, 15) is 9.90 Å². The zero-order valence-corrected chi connectivity index (χ0v) is 10.2. The highest BCUT2D eigenvalue weighted by Gasteiger charge is 2.13. The van der Waals surface area contributed by atoms with Gasteiger partial charge in [-0.15, -0.1) is 0 Å². The zero-order chi connectivity index (χ0) is 11.5. The molecular weight excluding hydrogens is 264 g/mol. The molecule has 0 saturated heterocycles. The van der Waals surface area contributed by atoms with E-state index in [0.29, 0.717) is 10.9 Å². The van der Waals surface area contributed by atoms with Crippen LogP contribution in [0.1, 0.15) is 20.3 Å². The number of aromatic amines is 1. The number of ether oxygens (including phenoxy) is 1. The highest BCUT2D eigenvalue weighted by atomic mass is 79.9. The Morgan fingerprint density at radius 2 is 2.33 bits per heavy atom. The predicted molar refractivity (Wildman–Crippen MR) is 59.0 cm³/mol. The summed E-state index contributed by atoms with van der Waals surface area (Å²) in [6.45, 7) is 3.64. The van der Waals surface area contributed by atoms with Crippen LogP contribution in [0.25, 0.3) is 0 Å². The largest absolute Gasteiger partial charge is 0.487 e. The van der Waals surface area contributed by atoms with Crippen LogP contribution in [0.15, 0.2) is 15.5 Å². The van der Waals surface area contributed by atoms with E-state index < -0.39 is 5.60 Å². The molecule has 0 unspecified atom stereocenters. The second-order valence-corrected chi connectivity index (χ2v) is 4.64. The molecule has 1 aromatic rings. The normalized spacial score (nSPS) is 11.5. The molecule has 5 nitrogen and oxygen atoms in total. The van der Waals surface area contributed by atoms with E-state index in [1.165, 1.54) is 6.20 Å². The first kappa shape index (κ1) is 12.2. The fourth-order valence-electron chi connectivity index (χ4n) is 0.903. The van der Waals surface area contributed by atoms with Gasteiger partial charge < -0.3 is 9.84 Å². The summed E-state index contributed by atoms with van der Waals surface area (Å²) in [4.78, 5) is 11.3. The van der Waals surface area contributed by atoms with E-state index in [-0.39, 0.29) is 17.9 Å². The van der Waals surface area contributed by atoms with Crippen molar-refractivity contribution in [2.75, 3.05) is 6.61 Å². The van der Waals surface area contributed by atoms with Gasteiger partial charge in [0.25, 0.3) is 0 Å². The van der Waals surface area contributed by atoms with Gasteiger partial charge in [0, 0.05) is 6.42 Å². The molecular formula is C9H13BrN2O3. The Balaban J connectivity index is 2.62. The van der Waals surface area contributed by atoms with Gasteiger partial charge in [-0.3, -0.25) is 4.79 Å². The number of rotatable bonds is 4. The quantitative estimate of drug-likeness (QED) is 0.863. The van der Waals surface area contributed by atoms with Crippen LogP contribution in [0.2, 0.25) is 0 Å². The molecule has 0 saturated carbocycles. The molecule has 15 heavy (non-hydrogen) atoms. The second-order valence-electron chi connectivity index (χ2n) is 3.79. The van der Waals surface area contributed by atoms with Crippen molar-refractivity contribution in [2.45, 2.75) is 25.9 Å². The van der Waals surface area contributed by atoms with Gasteiger partial charge in [0.2, 0.25) is 5.75 Å². The number of aliphatic hydroxyl groups is 1. The number of aromatic nitrogens is 2. The van der Waals surface area contributed by atoms with E-state index in [4.69, 9.17) is 4.74 Å². The lowest BCUT2D eigenvalue weighted by Gasteiger charge is -2.16. The Morgan fingerprint density at radius 3 is 2.87 bits per heavy atom. The topological polar surface area (TPSA) is 75.2 Å². The van der Waals surface area contributed by atoms with Crippen molar-refractivity contribution < 1.29 is 9.84 Å². The summed E-state index contributed by atoms with van der Waals surface area (Å²) in [6, 6.07) is 0. The van der Waals surface area contributed by atoms with Crippen molar-refractivity contribution in [2.24, 2.45) is 0 Å². The van der Waals surface area contributed by atoms with Gasteiger partial charge >= 0.3 is 5.56 Å². The minimum atomic E-state index is -0.799. The van der Waals surface area contributed by atoms with E-state index in [2.05, 4.69) is 26.1 Å². The highest BCUT2D eigenvalue weighted by Crippen LogP contribution is 2.18. The average Bonchev–Trinajstić information content (AvgIpc) is 2.08. The Kier molecular flexibility index (Phi) is 3.87. The van der Waals surface area contributed by atoms with Crippen molar-refractivity contribution in [3.63, 3.8) is 0 Å². The minimum absolute atomic E-state index is 0.189. The summed E-state index contributed by atoms with van der Waals surface area (Å²) in [5, 5.41) is 15.3. The first-order valence-corrected chi connectivity index (χ1v) is 5.28. The summed E-state index contributed by atoms with van der Waals surface area (Å²) in [5.41, 5.74) is -1.19. The molecule has 0 aliphatic carbocycles. The van der Waals surface area contributed by atoms with Crippen LogP contribution in [0, 0.1) is 0 Å². The zero-order valence-electron chi connectivity index (χ0n) is 8.58. The molecule has 0 amide bonds. The average molecular weight is 277 g/mol. The van der Waals surface area contributed by atoms with Crippen LogP contribution < -0.4 is 10.3 Å². The number of H-pyrrole nitrogens is 1. The van der Waals surface area contributed by atoms with E-state index in [1.54, 1.807) is 13.8 Å². The SMILES string of the molecule is CC(C)(O)CCOc1c(Br)cn[nH]c1=O. The van der Waals surface area contributed by atoms with Crippen LogP contribution in [0.3, 0.4) is 0 Å². The third-order valence-corrected chi connectivity index (χ3v) is 2.29. The molecule has 6 heteroatoms. The summed E-state index contributed by atoms with van der Waals surface area (Å²) >= 11 is 3.16. The molecule has 0 aliphatic rings.